The summed E-state index contributed by atoms with van der Waals surface area (Å²) in [5, 5.41) is 71.6. The van der Waals surface area contributed by atoms with Crippen LogP contribution in [0.1, 0.15) is 81.8 Å². The number of anilines is 2. The summed E-state index contributed by atoms with van der Waals surface area (Å²) in [7, 11) is 0. The standard InChI is InChI=1S/C44H40N2O10/c1-19(2)31-27-15-21(5)33(39(49)35(27)29(37(47)41(31)51)17-45-25-11-7-23(8-12-25)43(53)54)34-22(6)16-28-32(20(3)4)42(52)38(48)30(36(28)40(34)50)18-46-26-13-9-24(10-14-26)44(55)56/h7-20,45-46,49-52H,1-6H3,(H,53,54)(H,55,56). The Kier molecular flexibility index (Phi) is 10.1. The van der Waals surface area contributed by atoms with Gasteiger partial charge in [0.15, 0.2) is 11.5 Å². The monoisotopic (exact) mass is 756 g/mol. The van der Waals surface area contributed by atoms with Crippen LogP contribution in [0.3, 0.4) is 0 Å². The molecule has 6 rings (SSSR count). The van der Waals surface area contributed by atoms with E-state index in [0.717, 1.165) is 0 Å². The molecule has 4 aromatic carbocycles. The first-order chi connectivity index (χ1) is 26.4. The molecule has 0 aliphatic heterocycles. The van der Waals surface area contributed by atoms with E-state index in [0.29, 0.717) is 44.8 Å². The summed E-state index contributed by atoms with van der Waals surface area (Å²) in [5.41, 5.74) is 3.61. The number of carboxylic acid groups (broad SMARTS) is 2. The van der Waals surface area contributed by atoms with Gasteiger partial charge in [0, 0.05) is 57.2 Å². The average Bonchev–Trinajstić information content (AvgIpc) is 3.13. The first-order valence-electron chi connectivity index (χ1n) is 17.7. The second-order valence-electron chi connectivity index (χ2n) is 14.3. The lowest BCUT2D eigenvalue weighted by atomic mass is 9.75. The number of fused-ring (bicyclic) bond motifs is 2. The van der Waals surface area contributed by atoms with Gasteiger partial charge in [0.2, 0.25) is 11.6 Å². The van der Waals surface area contributed by atoms with Crippen LogP contribution in [0.2, 0.25) is 0 Å². The number of rotatable bonds is 9. The van der Waals surface area contributed by atoms with Gasteiger partial charge in [-0.2, -0.15) is 0 Å². The molecule has 4 aromatic rings. The molecule has 286 valence electrons. The molecule has 0 saturated carbocycles. The van der Waals surface area contributed by atoms with Crippen LogP contribution in [0.4, 0.5) is 11.4 Å². The number of hydrogen-bond acceptors (Lipinski definition) is 10. The number of hydrogen-bond donors (Lipinski definition) is 8. The van der Waals surface area contributed by atoms with Crippen molar-refractivity contribution in [3.05, 3.63) is 129 Å². The number of phenols is 2. The van der Waals surface area contributed by atoms with Crippen molar-refractivity contribution in [2.24, 2.45) is 11.8 Å². The van der Waals surface area contributed by atoms with Gasteiger partial charge in [-0.05, 0) is 96.5 Å². The van der Waals surface area contributed by atoms with E-state index in [4.69, 9.17) is 0 Å². The maximum atomic E-state index is 13.9. The summed E-state index contributed by atoms with van der Waals surface area (Å²) in [6.45, 7) is 10.6. The second kappa shape index (κ2) is 14.6. The molecule has 0 spiro atoms. The summed E-state index contributed by atoms with van der Waals surface area (Å²) >= 11 is 0. The number of Topliss-reactive ketones (excluding diaryl/α,β-unsaturated/α-hetero) is 2. The van der Waals surface area contributed by atoms with Gasteiger partial charge in [0.05, 0.1) is 22.3 Å². The van der Waals surface area contributed by atoms with E-state index in [9.17, 15) is 49.8 Å². The molecule has 12 nitrogen and oxygen atoms in total. The summed E-state index contributed by atoms with van der Waals surface area (Å²) in [6, 6.07) is 15.0. The van der Waals surface area contributed by atoms with Crippen molar-refractivity contribution in [3.63, 3.8) is 0 Å². The smallest absolute Gasteiger partial charge is 0.335 e. The molecular weight excluding hydrogens is 716 g/mol. The van der Waals surface area contributed by atoms with Crippen molar-refractivity contribution < 1.29 is 49.8 Å². The van der Waals surface area contributed by atoms with Crippen LogP contribution in [0, 0.1) is 25.7 Å². The van der Waals surface area contributed by atoms with Crippen molar-refractivity contribution in [3.8, 4) is 22.6 Å². The highest BCUT2D eigenvalue weighted by molar-refractivity contribution is 6.35. The minimum absolute atomic E-state index is 0.0542. The molecule has 0 radical (unpaired) electrons. The zero-order chi connectivity index (χ0) is 40.9. The van der Waals surface area contributed by atoms with E-state index in [-0.39, 0.29) is 67.9 Å². The summed E-state index contributed by atoms with van der Waals surface area (Å²) < 4.78 is 0. The average molecular weight is 757 g/mol. The largest absolute Gasteiger partial charge is 0.507 e. The zero-order valence-electron chi connectivity index (χ0n) is 31.4. The molecule has 2 aliphatic carbocycles. The number of allylic oxidation sites excluding steroid dienone is 4. The number of aliphatic hydroxyl groups excluding tert-OH is 2. The first-order valence-corrected chi connectivity index (χ1v) is 17.7. The number of ketones is 2. The molecule has 8 N–H and O–H groups in total. The van der Waals surface area contributed by atoms with Crippen LogP contribution >= 0.6 is 0 Å². The van der Waals surface area contributed by atoms with Crippen molar-refractivity contribution in [1.82, 2.24) is 0 Å². The molecular formula is C44H40N2O10. The Morgan fingerprint density at radius 2 is 0.875 bits per heavy atom. The Bertz CT molecular complexity index is 2330. The normalized spacial score (nSPS) is 15.5. The summed E-state index contributed by atoms with van der Waals surface area (Å²) in [4.78, 5) is 50.5. The Morgan fingerprint density at radius 3 is 1.16 bits per heavy atom. The van der Waals surface area contributed by atoms with Gasteiger partial charge in [0.1, 0.15) is 11.5 Å². The minimum atomic E-state index is -1.11. The lowest BCUT2D eigenvalue weighted by molar-refractivity contribution is -0.113. The number of carbonyl (C=O) groups excluding carboxylic acids is 2. The summed E-state index contributed by atoms with van der Waals surface area (Å²) in [6.07, 6.45) is 2.64. The van der Waals surface area contributed by atoms with Crippen molar-refractivity contribution >= 4 is 57.2 Å². The van der Waals surface area contributed by atoms with E-state index >= 15 is 0 Å². The zero-order valence-corrected chi connectivity index (χ0v) is 31.4. The topological polar surface area (TPSA) is 214 Å². The Labute approximate surface area is 322 Å². The first kappa shape index (κ1) is 38.6. The number of carbonyl (C=O) groups is 4. The molecule has 0 aromatic heterocycles. The molecule has 0 fully saturated rings. The SMILES string of the molecule is Cc1cc2c(c(O)c1-c1c(C)cc3c(c1O)C(=CNc1ccc(C(=O)O)cc1)C(=O)C(O)=C3C(C)C)C(=CNc1ccc(C(=O)O)cc1)C(=O)C(O)=C2C(C)C. The molecule has 12 heteroatoms. The van der Waals surface area contributed by atoms with Gasteiger partial charge in [0.25, 0.3) is 0 Å². The van der Waals surface area contributed by atoms with E-state index in [1.165, 1.54) is 60.9 Å². The number of aromatic carboxylic acids is 2. The third-order valence-electron chi connectivity index (χ3n) is 9.98. The van der Waals surface area contributed by atoms with Gasteiger partial charge >= 0.3 is 11.9 Å². The molecule has 2 aliphatic rings. The maximum absolute atomic E-state index is 13.9. The number of carboxylic acids is 2. The van der Waals surface area contributed by atoms with Crippen LogP contribution in [0.25, 0.3) is 33.4 Å². The van der Waals surface area contributed by atoms with Gasteiger partial charge < -0.3 is 41.3 Å². The number of aromatic hydroxyl groups is 2. The molecule has 56 heavy (non-hydrogen) atoms. The van der Waals surface area contributed by atoms with Crippen LogP contribution in [-0.2, 0) is 9.59 Å². The fraction of sp³-hybridized carbons (Fsp3) is 0.182. The summed E-state index contributed by atoms with van der Waals surface area (Å²) in [5.74, 6) is -6.20. The highest BCUT2D eigenvalue weighted by Crippen LogP contribution is 2.53. The predicted octanol–water partition coefficient (Wildman–Crippen LogP) is 8.70. The fourth-order valence-corrected chi connectivity index (χ4v) is 7.36. The Morgan fingerprint density at radius 1 is 0.554 bits per heavy atom. The van der Waals surface area contributed by atoms with Crippen molar-refractivity contribution in [2.75, 3.05) is 10.6 Å². The second-order valence-corrected chi connectivity index (χ2v) is 14.3. The molecule has 0 unspecified atom stereocenters. The van der Waals surface area contributed by atoms with Crippen LogP contribution in [0.15, 0.2) is 84.6 Å². The van der Waals surface area contributed by atoms with E-state index in [2.05, 4.69) is 10.6 Å². The minimum Gasteiger partial charge on any atom is -0.507 e. The Balaban J connectivity index is 1.58. The van der Waals surface area contributed by atoms with Gasteiger partial charge in [-0.25, -0.2) is 9.59 Å². The van der Waals surface area contributed by atoms with Gasteiger partial charge in [-0.1, -0.05) is 39.8 Å². The quantitative estimate of drug-likeness (QED) is 0.0753. The number of nitrogens with one attached hydrogen (secondary N) is 2. The Hall–Kier alpha value is -7.08. The van der Waals surface area contributed by atoms with Gasteiger partial charge in [-0.15, -0.1) is 0 Å². The third kappa shape index (κ3) is 6.55. The lowest BCUT2D eigenvalue weighted by Gasteiger charge is -2.29. The highest BCUT2D eigenvalue weighted by Gasteiger charge is 2.38. The van der Waals surface area contributed by atoms with Crippen molar-refractivity contribution in [2.45, 2.75) is 41.5 Å². The number of benzene rings is 4. The maximum Gasteiger partial charge on any atom is 0.335 e. The number of aliphatic hydroxyl groups is 2. The van der Waals surface area contributed by atoms with Crippen LogP contribution in [-0.4, -0.2) is 54.1 Å². The predicted molar refractivity (Wildman–Crippen MR) is 213 cm³/mol. The third-order valence-corrected chi connectivity index (χ3v) is 9.98. The molecule has 0 heterocycles. The fourth-order valence-electron chi connectivity index (χ4n) is 7.36. The lowest BCUT2D eigenvalue weighted by Crippen LogP contribution is -2.20. The van der Waals surface area contributed by atoms with E-state index < -0.39 is 35.0 Å². The van der Waals surface area contributed by atoms with E-state index in [1.807, 2.05) is 0 Å². The van der Waals surface area contributed by atoms with Gasteiger partial charge in [-0.3, -0.25) is 9.59 Å². The van der Waals surface area contributed by atoms with Crippen LogP contribution < -0.4 is 10.6 Å². The molecule has 0 atom stereocenters. The number of aryl methyl sites for hydroxylation is 2. The van der Waals surface area contributed by atoms with Crippen LogP contribution in [0.5, 0.6) is 11.5 Å². The number of phenolic OH excluding ortho intramolecular Hbond substituents is 2. The molecule has 0 amide bonds. The molecule has 0 bridgehead atoms. The van der Waals surface area contributed by atoms with Crippen molar-refractivity contribution in [1.29, 1.82) is 0 Å². The highest BCUT2D eigenvalue weighted by atomic mass is 16.4. The molecule has 0 saturated heterocycles. The van der Waals surface area contributed by atoms with E-state index in [1.54, 1.807) is 53.7 Å².